The van der Waals surface area contributed by atoms with Crippen LogP contribution in [0.5, 0.6) is 23.0 Å². The standard InChI is InChI=1S/C22H22BrNO5/c1-26-18-13-16(19(23)21(28-3)20(18)27-2)22(25)24-11-12-29-17-10-6-8-14-7-4-5-9-15(14)17/h4-10,13H,11-12H2,1-3H3,(H,24,25). The van der Waals surface area contributed by atoms with E-state index in [1.54, 1.807) is 6.07 Å². The summed E-state index contributed by atoms with van der Waals surface area (Å²) in [5.74, 6) is 1.72. The van der Waals surface area contributed by atoms with Crippen LogP contribution in [0.15, 0.2) is 53.0 Å². The lowest BCUT2D eigenvalue weighted by molar-refractivity contribution is 0.0945. The molecule has 0 aromatic heterocycles. The van der Waals surface area contributed by atoms with Crippen LogP contribution in [-0.4, -0.2) is 40.4 Å². The van der Waals surface area contributed by atoms with Crippen molar-refractivity contribution in [2.75, 3.05) is 34.5 Å². The smallest absolute Gasteiger partial charge is 0.252 e. The average molecular weight is 460 g/mol. The van der Waals surface area contributed by atoms with Gasteiger partial charge in [-0.15, -0.1) is 0 Å². The van der Waals surface area contributed by atoms with E-state index < -0.39 is 0 Å². The molecule has 0 saturated heterocycles. The second-order valence-corrected chi connectivity index (χ2v) is 6.88. The van der Waals surface area contributed by atoms with Gasteiger partial charge in [-0.05, 0) is 33.4 Å². The van der Waals surface area contributed by atoms with E-state index in [1.807, 2.05) is 42.5 Å². The van der Waals surface area contributed by atoms with Gasteiger partial charge >= 0.3 is 0 Å². The fourth-order valence-electron chi connectivity index (χ4n) is 3.03. The number of methoxy groups -OCH3 is 3. The highest BCUT2D eigenvalue weighted by Gasteiger charge is 2.22. The van der Waals surface area contributed by atoms with Gasteiger partial charge in [0.1, 0.15) is 12.4 Å². The summed E-state index contributed by atoms with van der Waals surface area (Å²) in [4.78, 5) is 12.7. The number of benzene rings is 3. The number of carbonyl (C=O) groups is 1. The van der Waals surface area contributed by atoms with Crippen LogP contribution in [0.3, 0.4) is 0 Å². The van der Waals surface area contributed by atoms with Crippen molar-refractivity contribution in [3.63, 3.8) is 0 Å². The van der Waals surface area contributed by atoms with E-state index in [1.165, 1.54) is 21.3 Å². The lowest BCUT2D eigenvalue weighted by atomic mass is 10.1. The molecule has 1 amide bonds. The Kier molecular flexibility index (Phi) is 6.82. The van der Waals surface area contributed by atoms with Crippen LogP contribution in [-0.2, 0) is 0 Å². The topological polar surface area (TPSA) is 66.0 Å². The highest BCUT2D eigenvalue weighted by Crippen LogP contribution is 2.44. The van der Waals surface area contributed by atoms with Gasteiger partial charge in [-0.25, -0.2) is 0 Å². The summed E-state index contributed by atoms with van der Waals surface area (Å²) in [6.07, 6.45) is 0. The molecular weight excluding hydrogens is 438 g/mol. The molecule has 0 unspecified atom stereocenters. The van der Waals surface area contributed by atoms with Crippen LogP contribution in [0.2, 0.25) is 0 Å². The van der Waals surface area contributed by atoms with Gasteiger partial charge in [0.2, 0.25) is 5.75 Å². The first-order chi connectivity index (χ1) is 14.1. The maximum atomic E-state index is 12.7. The number of amides is 1. The second kappa shape index (κ2) is 9.52. The molecule has 1 N–H and O–H groups in total. The second-order valence-electron chi connectivity index (χ2n) is 6.09. The first-order valence-corrected chi connectivity index (χ1v) is 9.77. The van der Waals surface area contributed by atoms with Crippen LogP contribution in [0.25, 0.3) is 10.8 Å². The molecule has 0 spiro atoms. The van der Waals surface area contributed by atoms with E-state index in [0.717, 1.165) is 16.5 Å². The van der Waals surface area contributed by atoms with E-state index in [0.29, 0.717) is 40.4 Å². The summed E-state index contributed by atoms with van der Waals surface area (Å²) in [5.41, 5.74) is 0.379. The fraction of sp³-hybridized carbons (Fsp3) is 0.227. The molecule has 0 aliphatic heterocycles. The molecule has 0 fully saturated rings. The van der Waals surface area contributed by atoms with Crippen molar-refractivity contribution in [3.05, 3.63) is 58.6 Å². The largest absolute Gasteiger partial charge is 0.493 e. The molecule has 0 radical (unpaired) electrons. The lowest BCUT2D eigenvalue weighted by Gasteiger charge is -2.16. The van der Waals surface area contributed by atoms with Crippen molar-refractivity contribution in [3.8, 4) is 23.0 Å². The minimum absolute atomic E-state index is 0.280. The Morgan fingerprint density at radius 2 is 1.66 bits per heavy atom. The van der Waals surface area contributed by atoms with Crippen molar-refractivity contribution in [2.24, 2.45) is 0 Å². The highest BCUT2D eigenvalue weighted by molar-refractivity contribution is 9.10. The summed E-state index contributed by atoms with van der Waals surface area (Å²) in [5, 5.41) is 5.00. The number of halogens is 1. The molecule has 3 aromatic rings. The summed E-state index contributed by atoms with van der Waals surface area (Å²) < 4.78 is 22.4. The third-order valence-electron chi connectivity index (χ3n) is 4.41. The van der Waals surface area contributed by atoms with Gasteiger partial charge < -0.3 is 24.3 Å². The van der Waals surface area contributed by atoms with Crippen molar-refractivity contribution in [1.29, 1.82) is 0 Å². The molecule has 29 heavy (non-hydrogen) atoms. The zero-order chi connectivity index (χ0) is 20.8. The van der Waals surface area contributed by atoms with Crippen molar-refractivity contribution in [1.82, 2.24) is 5.32 Å². The molecule has 0 aliphatic rings. The highest BCUT2D eigenvalue weighted by atomic mass is 79.9. The molecule has 0 aliphatic carbocycles. The maximum Gasteiger partial charge on any atom is 0.252 e. The first kappa shape index (κ1) is 20.8. The Bertz CT molecular complexity index is 1020. The molecule has 3 aromatic carbocycles. The molecule has 0 heterocycles. The van der Waals surface area contributed by atoms with Gasteiger partial charge in [0.05, 0.1) is 37.9 Å². The quantitative estimate of drug-likeness (QED) is 0.504. The zero-order valence-corrected chi connectivity index (χ0v) is 18.0. The minimum atomic E-state index is -0.280. The van der Waals surface area contributed by atoms with Crippen LogP contribution in [0, 0.1) is 0 Å². The molecular formula is C22H22BrNO5. The predicted molar refractivity (Wildman–Crippen MR) is 116 cm³/mol. The van der Waals surface area contributed by atoms with E-state index >= 15 is 0 Å². The zero-order valence-electron chi connectivity index (χ0n) is 16.5. The van der Waals surface area contributed by atoms with E-state index in [-0.39, 0.29) is 5.91 Å². The number of rotatable bonds is 8. The summed E-state index contributed by atoms with van der Waals surface area (Å²) >= 11 is 3.42. The summed E-state index contributed by atoms with van der Waals surface area (Å²) in [7, 11) is 4.52. The lowest BCUT2D eigenvalue weighted by Crippen LogP contribution is -2.28. The molecule has 6 nitrogen and oxygen atoms in total. The van der Waals surface area contributed by atoms with Crippen LogP contribution in [0.4, 0.5) is 0 Å². The predicted octanol–water partition coefficient (Wildman–Crippen LogP) is 4.44. The number of fused-ring (bicyclic) bond motifs is 1. The van der Waals surface area contributed by atoms with Gasteiger partial charge in [-0.3, -0.25) is 4.79 Å². The van der Waals surface area contributed by atoms with Gasteiger partial charge in [0, 0.05) is 5.39 Å². The van der Waals surface area contributed by atoms with Gasteiger partial charge in [0.25, 0.3) is 5.91 Å². The number of hydrogen-bond donors (Lipinski definition) is 1. The number of nitrogens with one attached hydrogen (secondary N) is 1. The normalized spacial score (nSPS) is 10.5. The Morgan fingerprint density at radius 1 is 0.931 bits per heavy atom. The Balaban J connectivity index is 1.68. The first-order valence-electron chi connectivity index (χ1n) is 8.98. The Hall–Kier alpha value is -2.93. The van der Waals surface area contributed by atoms with E-state index in [9.17, 15) is 4.79 Å². The minimum Gasteiger partial charge on any atom is -0.493 e. The molecule has 0 bridgehead atoms. The van der Waals surface area contributed by atoms with E-state index in [4.69, 9.17) is 18.9 Å². The van der Waals surface area contributed by atoms with Crippen molar-refractivity contribution in [2.45, 2.75) is 0 Å². The van der Waals surface area contributed by atoms with Crippen LogP contribution >= 0.6 is 15.9 Å². The van der Waals surface area contributed by atoms with Crippen LogP contribution < -0.4 is 24.3 Å². The molecule has 0 saturated carbocycles. The Morgan fingerprint density at radius 3 is 2.38 bits per heavy atom. The SMILES string of the molecule is COc1cc(C(=O)NCCOc2cccc3ccccc23)c(Br)c(OC)c1OC. The maximum absolute atomic E-state index is 12.7. The van der Waals surface area contributed by atoms with Gasteiger partial charge in [0.15, 0.2) is 11.5 Å². The van der Waals surface area contributed by atoms with Gasteiger partial charge in [-0.2, -0.15) is 0 Å². The van der Waals surface area contributed by atoms with Crippen LogP contribution in [0.1, 0.15) is 10.4 Å². The Labute approximate surface area is 177 Å². The van der Waals surface area contributed by atoms with Gasteiger partial charge in [-0.1, -0.05) is 36.4 Å². The molecule has 152 valence electrons. The monoisotopic (exact) mass is 459 g/mol. The number of carbonyl (C=O) groups excluding carboxylic acids is 1. The van der Waals surface area contributed by atoms with Crippen molar-refractivity contribution >= 4 is 32.6 Å². The molecule has 7 heteroatoms. The molecule has 3 rings (SSSR count). The van der Waals surface area contributed by atoms with E-state index in [2.05, 4.69) is 21.2 Å². The molecule has 0 atom stereocenters. The van der Waals surface area contributed by atoms with Crippen molar-refractivity contribution < 1.29 is 23.7 Å². The number of hydrogen-bond acceptors (Lipinski definition) is 5. The fourth-order valence-corrected chi connectivity index (χ4v) is 3.67. The third kappa shape index (κ3) is 4.40. The third-order valence-corrected chi connectivity index (χ3v) is 5.20. The number of ether oxygens (including phenoxy) is 4. The summed E-state index contributed by atoms with van der Waals surface area (Å²) in [6.45, 7) is 0.674. The summed E-state index contributed by atoms with van der Waals surface area (Å²) in [6, 6.07) is 15.5. The average Bonchev–Trinajstić information content (AvgIpc) is 2.76.